The van der Waals surface area contributed by atoms with Crippen molar-refractivity contribution in [1.82, 2.24) is 10.6 Å². The summed E-state index contributed by atoms with van der Waals surface area (Å²) in [5, 5.41) is 5.59. The molecular weight excluding hydrogens is 364 g/mol. The highest BCUT2D eigenvalue weighted by Crippen LogP contribution is 2.11. The van der Waals surface area contributed by atoms with Crippen molar-refractivity contribution in [2.75, 3.05) is 13.2 Å². The van der Waals surface area contributed by atoms with E-state index in [1.807, 2.05) is 55.5 Å². The highest BCUT2D eigenvalue weighted by Gasteiger charge is 2.18. The van der Waals surface area contributed by atoms with Crippen LogP contribution < -0.4 is 10.6 Å². The first-order valence-corrected chi connectivity index (χ1v) is 9.83. The van der Waals surface area contributed by atoms with Crippen molar-refractivity contribution in [2.24, 2.45) is 0 Å². The van der Waals surface area contributed by atoms with Gasteiger partial charge in [0.15, 0.2) is 0 Å². The van der Waals surface area contributed by atoms with Crippen LogP contribution >= 0.6 is 0 Å². The molecular formula is C24H26N2O3. The molecule has 0 saturated carbocycles. The molecule has 1 heterocycles. The Labute approximate surface area is 171 Å². The smallest absolute Gasteiger partial charge is 0.267 e. The Kier molecular flexibility index (Phi) is 7.36. The molecule has 150 valence electrons. The molecule has 1 atom stereocenters. The van der Waals surface area contributed by atoms with E-state index >= 15 is 0 Å². The number of aryl methyl sites for hydroxylation is 1. The van der Waals surface area contributed by atoms with Gasteiger partial charge in [-0.05, 0) is 43.5 Å². The SMILES string of the molecule is Cc1ccc(C(=O)N/C(=C/C=C\c2ccccc2)C(=O)NC[C@@H]2CCCO2)cc1. The maximum atomic E-state index is 12.7. The predicted molar refractivity (Wildman–Crippen MR) is 114 cm³/mol. The van der Waals surface area contributed by atoms with Gasteiger partial charge in [0.05, 0.1) is 6.10 Å². The zero-order valence-electron chi connectivity index (χ0n) is 16.6. The van der Waals surface area contributed by atoms with Gasteiger partial charge >= 0.3 is 0 Å². The summed E-state index contributed by atoms with van der Waals surface area (Å²) in [6.07, 6.45) is 7.23. The number of benzene rings is 2. The standard InChI is InChI=1S/C24H26N2O3/c1-18-12-14-20(15-13-18)23(27)26-22(11-5-9-19-7-3-2-4-8-19)24(28)25-17-21-10-6-16-29-21/h2-5,7-9,11-15,21H,6,10,16-17H2,1H3,(H,25,28)(H,26,27)/b9-5-,22-11+/t21-/m0/s1. The Bertz CT molecular complexity index is 880. The van der Waals surface area contributed by atoms with Crippen molar-refractivity contribution in [3.05, 3.63) is 89.1 Å². The minimum atomic E-state index is -0.335. The normalized spacial score (nSPS) is 16.7. The van der Waals surface area contributed by atoms with Gasteiger partial charge in [0.1, 0.15) is 5.70 Å². The number of carbonyl (C=O) groups is 2. The van der Waals surface area contributed by atoms with Crippen molar-refractivity contribution in [1.29, 1.82) is 0 Å². The molecule has 0 radical (unpaired) electrons. The average Bonchev–Trinajstić information content (AvgIpc) is 3.26. The summed E-state index contributed by atoms with van der Waals surface area (Å²) < 4.78 is 5.55. The molecule has 1 saturated heterocycles. The van der Waals surface area contributed by atoms with E-state index < -0.39 is 0 Å². The van der Waals surface area contributed by atoms with Gasteiger partial charge in [-0.1, -0.05) is 60.2 Å². The van der Waals surface area contributed by atoms with Gasteiger partial charge in [0, 0.05) is 18.7 Å². The third kappa shape index (κ3) is 6.43. The first-order valence-electron chi connectivity index (χ1n) is 9.83. The number of carbonyl (C=O) groups excluding carboxylic acids is 2. The van der Waals surface area contributed by atoms with Gasteiger partial charge in [-0.25, -0.2) is 0 Å². The molecule has 0 bridgehead atoms. The van der Waals surface area contributed by atoms with E-state index in [-0.39, 0.29) is 23.6 Å². The van der Waals surface area contributed by atoms with E-state index in [1.165, 1.54) is 0 Å². The van der Waals surface area contributed by atoms with E-state index in [0.717, 1.165) is 30.6 Å². The molecule has 1 fully saturated rings. The zero-order valence-corrected chi connectivity index (χ0v) is 16.6. The van der Waals surface area contributed by atoms with Gasteiger partial charge in [-0.3, -0.25) is 9.59 Å². The number of amides is 2. The van der Waals surface area contributed by atoms with E-state index in [4.69, 9.17) is 4.74 Å². The van der Waals surface area contributed by atoms with E-state index in [0.29, 0.717) is 12.1 Å². The zero-order chi connectivity index (χ0) is 20.5. The first kappa shape index (κ1) is 20.6. The fraction of sp³-hybridized carbons (Fsp3) is 0.250. The minimum absolute atomic E-state index is 0.0351. The van der Waals surface area contributed by atoms with Crippen molar-refractivity contribution in [3.8, 4) is 0 Å². The molecule has 0 aromatic heterocycles. The third-order valence-corrected chi connectivity index (χ3v) is 4.67. The van der Waals surface area contributed by atoms with Crippen LogP contribution in [0.4, 0.5) is 0 Å². The van der Waals surface area contributed by atoms with Crippen LogP contribution in [0.25, 0.3) is 6.08 Å². The molecule has 0 unspecified atom stereocenters. The highest BCUT2D eigenvalue weighted by atomic mass is 16.5. The lowest BCUT2D eigenvalue weighted by Gasteiger charge is -2.13. The molecule has 2 amide bonds. The number of allylic oxidation sites excluding steroid dienone is 2. The van der Waals surface area contributed by atoms with Crippen molar-refractivity contribution >= 4 is 17.9 Å². The summed E-state index contributed by atoms with van der Waals surface area (Å²) in [7, 11) is 0. The molecule has 2 N–H and O–H groups in total. The quantitative estimate of drug-likeness (QED) is 0.561. The van der Waals surface area contributed by atoms with Gasteiger partial charge in [0.25, 0.3) is 11.8 Å². The molecule has 1 aliphatic rings. The minimum Gasteiger partial charge on any atom is -0.376 e. The van der Waals surface area contributed by atoms with E-state index in [2.05, 4.69) is 10.6 Å². The Balaban J connectivity index is 1.71. The number of ether oxygens (including phenoxy) is 1. The highest BCUT2D eigenvalue weighted by molar-refractivity contribution is 6.03. The Morgan fingerprint density at radius 2 is 1.86 bits per heavy atom. The maximum absolute atomic E-state index is 12.7. The van der Waals surface area contributed by atoms with Crippen LogP contribution in [0.5, 0.6) is 0 Å². The molecule has 2 aromatic rings. The Morgan fingerprint density at radius 3 is 2.55 bits per heavy atom. The van der Waals surface area contributed by atoms with Gasteiger partial charge in [0.2, 0.25) is 0 Å². The van der Waals surface area contributed by atoms with Crippen LogP contribution in [0.15, 0.2) is 72.4 Å². The molecule has 5 nitrogen and oxygen atoms in total. The molecule has 29 heavy (non-hydrogen) atoms. The van der Waals surface area contributed by atoms with Crippen LogP contribution in [0.3, 0.4) is 0 Å². The number of hydrogen-bond acceptors (Lipinski definition) is 3. The van der Waals surface area contributed by atoms with Crippen LogP contribution in [-0.2, 0) is 9.53 Å². The van der Waals surface area contributed by atoms with Crippen LogP contribution in [0.2, 0.25) is 0 Å². The third-order valence-electron chi connectivity index (χ3n) is 4.67. The first-order chi connectivity index (χ1) is 14.1. The summed E-state index contributed by atoms with van der Waals surface area (Å²) in [6, 6.07) is 17.0. The molecule has 0 spiro atoms. The topological polar surface area (TPSA) is 67.4 Å². The summed E-state index contributed by atoms with van der Waals surface area (Å²) in [5.41, 5.74) is 2.77. The second kappa shape index (κ2) is 10.4. The maximum Gasteiger partial charge on any atom is 0.267 e. The van der Waals surface area contributed by atoms with Gasteiger partial charge in [-0.15, -0.1) is 0 Å². The Morgan fingerprint density at radius 1 is 1.10 bits per heavy atom. The molecule has 0 aliphatic carbocycles. The van der Waals surface area contributed by atoms with E-state index in [9.17, 15) is 9.59 Å². The average molecular weight is 390 g/mol. The number of nitrogens with one attached hydrogen (secondary N) is 2. The summed E-state index contributed by atoms with van der Waals surface area (Å²) in [6.45, 7) is 3.12. The lowest BCUT2D eigenvalue weighted by atomic mass is 10.1. The van der Waals surface area contributed by atoms with Crippen molar-refractivity contribution in [2.45, 2.75) is 25.9 Å². The monoisotopic (exact) mass is 390 g/mol. The van der Waals surface area contributed by atoms with Gasteiger partial charge < -0.3 is 15.4 Å². The molecule has 2 aromatic carbocycles. The van der Waals surface area contributed by atoms with Gasteiger partial charge in [-0.2, -0.15) is 0 Å². The lowest BCUT2D eigenvalue weighted by molar-refractivity contribution is -0.118. The van der Waals surface area contributed by atoms with Crippen molar-refractivity contribution in [3.63, 3.8) is 0 Å². The van der Waals surface area contributed by atoms with Crippen LogP contribution in [0.1, 0.15) is 34.3 Å². The largest absolute Gasteiger partial charge is 0.376 e. The molecule has 1 aliphatic heterocycles. The van der Waals surface area contributed by atoms with E-state index in [1.54, 1.807) is 24.3 Å². The lowest BCUT2D eigenvalue weighted by Crippen LogP contribution is -2.38. The summed E-state index contributed by atoms with van der Waals surface area (Å²) in [5.74, 6) is -0.657. The second-order valence-corrected chi connectivity index (χ2v) is 7.02. The summed E-state index contributed by atoms with van der Waals surface area (Å²) in [4.78, 5) is 25.3. The van der Waals surface area contributed by atoms with Crippen LogP contribution in [-0.4, -0.2) is 31.1 Å². The van der Waals surface area contributed by atoms with Crippen LogP contribution in [0, 0.1) is 6.92 Å². The van der Waals surface area contributed by atoms with Crippen molar-refractivity contribution < 1.29 is 14.3 Å². The second-order valence-electron chi connectivity index (χ2n) is 7.02. The fourth-order valence-electron chi connectivity index (χ4n) is 3.00. The molecule has 5 heteroatoms. The number of hydrogen-bond donors (Lipinski definition) is 2. The summed E-state index contributed by atoms with van der Waals surface area (Å²) >= 11 is 0. The Hall–Kier alpha value is -3.18. The molecule has 3 rings (SSSR count). The fourth-order valence-corrected chi connectivity index (χ4v) is 3.00. The predicted octanol–water partition coefficient (Wildman–Crippen LogP) is 3.62. The number of rotatable bonds is 7.